The summed E-state index contributed by atoms with van der Waals surface area (Å²) in [6.45, 7) is -0.0890. The fourth-order valence-corrected chi connectivity index (χ4v) is 3.00. The molecule has 3 aromatic rings. The molecule has 1 amide bonds. The Morgan fingerprint density at radius 3 is 2.68 bits per heavy atom. The molecule has 0 atom stereocenters. The van der Waals surface area contributed by atoms with E-state index in [1.165, 1.54) is 29.5 Å². The summed E-state index contributed by atoms with van der Waals surface area (Å²) >= 11 is 1.32. The Hall–Kier alpha value is -3.14. The van der Waals surface area contributed by atoms with Crippen LogP contribution in [0.5, 0.6) is 5.75 Å². The van der Waals surface area contributed by atoms with Crippen LogP contribution in [0.15, 0.2) is 54.0 Å². The van der Waals surface area contributed by atoms with Gasteiger partial charge in [-0.1, -0.05) is 24.3 Å². The molecule has 0 aliphatic carbocycles. The number of para-hydroxylation sites is 1. The van der Waals surface area contributed by atoms with Gasteiger partial charge in [0.1, 0.15) is 11.6 Å². The maximum absolute atomic E-state index is 12.4. The standard InChI is InChI=1S/C18H15F3N4O2S/c19-18(20,21)27-14-6-2-1-5-12(14)10-23-16(26)9-13-11-28-17(24-13)25-15-7-3-4-8-22-15/h1-8,11H,9-10H2,(H,23,26)(H,22,24,25). The van der Waals surface area contributed by atoms with Gasteiger partial charge < -0.3 is 15.4 Å². The number of thiazole rings is 1. The molecule has 0 saturated heterocycles. The first kappa shape index (κ1) is 19.6. The molecule has 2 N–H and O–H groups in total. The normalized spacial score (nSPS) is 11.1. The Kier molecular flexibility index (Phi) is 6.09. The zero-order valence-corrected chi connectivity index (χ0v) is 15.2. The molecule has 6 nitrogen and oxygen atoms in total. The molecular formula is C18H15F3N4O2S. The van der Waals surface area contributed by atoms with Crippen molar-refractivity contribution in [1.82, 2.24) is 15.3 Å². The van der Waals surface area contributed by atoms with Crippen molar-refractivity contribution >= 4 is 28.2 Å². The number of pyridine rings is 1. The number of halogens is 3. The van der Waals surface area contributed by atoms with Gasteiger partial charge in [-0.2, -0.15) is 0 Å². The van der Waals surface area contributed by atoms with E-state index in [0.717, 1.165) is 0 Å². The zero-order valence-electron chi connectivity index (χ0n) is 14.4. The molecule has 2 aromatic heterocycles. The first-order valence-electron chi connectivity index (χ1n) is 8.12. The quantitative estimate of drug-likeness (QED) is 0.617. The van der Waals surface area contributed by atoms with Crippen LogP contribution in [0.25, 0.3) is 0 Å². The minimum atomic E-state index is -4.79. The summed E-state index contributed by atoms with van der Waals surface area (Å²) < 4.78 is 41.3. The molecule has 3 rings (SSSR count). The third kappa shape index (κ3) is 5.95. The Labute approximate surface area is 162 Å². The second-order valence-corrected chi connectivity index (χ2v) is 6.45. The number of rotatable bonds is 7. The number of carbonyl (C=O) groups excluding carboxylic acids is 1. The van der Waals surface area contributed by atoms with Crippen LogP contribution < -0.4 is 15.4 Å². The summed E-state index contributed by atoms with van der Waals surface area (Å²) in [5.74, 6) is -0.0728. The minimum absolute atomic E-state index is 0.00267. The molecule has 0 fully saturated rings. The molecule has 0 spiro atoms. The van der Waals surface area contributed by atoms with Crippen molar-refractivity contribution in [1.29, 1.82) is 0 Å². The van der Waals surface area contributed by atoms with E-state index in [-0.39, 0.29) is 30.2 Å². The van der Waals surface area contributed by atoms with Crippen molar-refractivity contribution < 1.29 is 22.7 Å². The van der Waals surface area contributed by atoms with Gasteiger partial charge in [0.05, 0.1) is 12.1 Å². The van der Waals surface area contributed by atoms with Crippen LogP contribution in [0.4, 0.5) is 24.1 Å². The number of aromatic nitrogens is 2. The van der Waals surface area contributed by atoms with Crippen LogP contribution in [0.3, 0.4) is 0 Å². The molecule has 10 heteroatoms. The number of alkyl halides is 3. The summed E-state index contributed by atoms with van der Waals surface area (Å²) in [4.78, 5) is 20.5. The largest absolute Gasteiger partial charge is 0.573 e. The first-order valence-corrected chi connectivity index (χ1v) is 9.00. The van der Waals surface area contributed by atoms with Gasteiger partial charge in [0.25, 0.3) is 0 Å². The summed E-state index contributed by atoms with van der Waals surface area (Å²) in [7, 11) is 0. The Balaban J connectivity index is 1.54. The van der Waals surface area contributed by atoms with Gasteiger partial charge in [-0.15, -0.1) is 24.5 Å². The molecule has 0 aliphatic rings. The van der Waals surface area contributed by atoms with E-state index in [1.54, 1.807) is 29.8 Å². The highest BCUT2D eigenvalue weighted by atomic mass is 32.1. The molecule has 28 heavy (non-hydrogen) atoms. The van der Waals surface area contributed by atoms with Gasteiger partial charge in [0, 0.05) is 23.7 Å². The molecule has 0 aliphatic heterocycles. The fraction of sp³-hybridized carbons (Fsp3) is 0.167. The van der Waals surface area contributed by atoms with Crippen LogP contribution >= 0.6 is 11.3 Å². The van der Waals surface area contributed by atoms with E-state index in [9.17, 15) is 18.0 Å². The van der Waals surface area contributed by atoms with E-state index in [1.807, 2.05) is 6.07 Å². The number of nitrogens with one attached hydrogen (secondary N) is 2. The lowest BCUT2D eigenvalue weighted by molar-refractivity contribution is -0.274. The number of hydrogen-bond donors (Lipinski definition) is 2. The summed E-state index contributed by atoms with van der Waals surface area (Å²) in [5.41, 5.74) is 0.768. The maximum Gasteiger partial charge on any atom is 0.573 e. The summed E-state index contributed by atoms with van der Waals surface area (Å²) in [6, 6.07) is 11.1. The van der Waals surface area contributed by atoms with E-state index in [0.29, 0.717) is 16.6 Å². The van der Waals surface area contributed by atoms with Crippen molar-refractivity contribution in [2.45, 2.75) is 19.3 Å². The van der Waals surface area contributed by atoms with Gasteiger partial charge in [-0.25, -0.2) is 9.97 Å². The highest BCUT2D eigenvalue weighted by Gasteiger charge is 2.31. The smallest absolute Gasteiger partial charge is 0.405 e. The van der Waals surface area contributed by atoms with E-state index < -0.39 is 6.36 Å². The molecule has 1 aromatic carbocycles. The topological polar surface area (TPSA) is 76.1 Å². The third-order valence-electron chi connectivity index (χ3n) is 3.47. The van der Waals surface area contributed by atoms with E-state index >= 15 is 0 Å². The fourth-order valence-electron chi connectivity index (χ4n) is 2.29. The van der Waals surface area contributed by atoms with Crippen LogP contribution in [0.1, 0.15) is 11.3 Å². The lowest BCUT2D eigenvalue weighted by atomic mass is 10.2. The first-order chi connectivity index (χ1) is 13.4. The highest BCUT2D eigenvalue weighted by molar-refractivity contribution is 7.13. The van der Waals surface area contributed by atoms with Crippen molar-refractivity contribution in [2.75, 3.05) is 5.32 Å². The predicted molar refractivity (Wildman–Crippen MR) is 98.3 cm³/mol. The molecule has 0 saturated carbocycles. The van der Waals surface area contributed by atoms with Crippen molar-refractivity contribution in [2.24, 2.45) is 0 Å². The molecule has 2 heterocycles. The number of nitrogens with zero attached hydrogens (tertiary/aromatic N) is 2. The minimum Gasteiger partial charge on any atom is -0.405 e. The van der Waals surface area contributed by atoms with Crippen LogP contribution in [-0.2, 0) is 17.8 Å². The van der Waals surface area contributed by atoms with Crippen molar-refractivity contribution in [3.05, 3.63) is 65.3 Å². The monoisotopic (exact) mass is 408 g/mol. The van der Waals surface area contributed by atoms with Crippen LogP contribution in [0, 0.1) is 0 Å². The summed E-state index contributed by atoms with van der Waals surface area (Å²) in [5, 5.41) is 7.92. The van der Waals surface area contributed by atoms with Crippen LogP contribution in [0.2, 0.25) is 0 Å². The SMILES string of the molecule is O=C(Cc1csc(Nc2ccccn2)n1)NCc1ccccc1OC(F)(F)F. The Morgan fingerprint density at radius 1 is 1.14 bits per heavy atom. The lowest BCUT2D eigenvalue weighted by Gasteiger charge is -2.13. The number of benzene rings is 1. The van der Waals surface area contributed by atoms with Gasteiger partial charge in [-0.3, -0.25) is 4.79 Å². The Morgan fingerprint density at radius 2 is 1.93 bits per heavy atom. The van der Waals surface area contributed by atoms with Gasteiger partial charge in [0.15, 0.2) is 5.13 Å². The number of carbonyl (C=O) groups is 1. The number of ether oxygens (including phenoxy) is 1. The third-order valence-corrected chi connectivity index (χ3v) is 4.27. The lowest BCUT2D eigenvalue weighted by Crippen LogP contribution is -2.25. The van der Waals surface area contributed by atoms with Gasteiger partial charge >= 0.3 is 6.36 Å². The maximum atomic E-state index is 12.4. The number of amides is 1. The molecule has 0 radical (unpaired) electrons. The van der Waals surface area contributed by atoms with Crippen molar-refractivity contribution in [3.63, 3.8) is 0 Å². The average molecular weight is 408 g/mol. The highest BCUT2D eigenvalue weighted by Crippen LogP contribution is 2.26. The molecular weight excluding hydrogens is 393 g/mol. The predicted octanol–water partition coefficient (Wildman–Crippen LogP) is 4.04. The number of anilines is 2. The zero-order chi connectivity index (χ0) is 20.0. The second kappa shape index (κ2) is 8.70. The second-order valence-electron chi connectivity index (χ2n) is 5.59. The molecule has 0 bridgehead atoms. The van der Waals surface area contributed by atoms with Crippen LogP contribution in [-0.4, -0.2) is 22.2 Å². The van der Waals surface area contributed by atoms with Gasteiger partial charge in [-0.05, 0) is 18.2 Å². The Bertz CT molecular complexity index is 932. The molecule has 146 valence electrons. The average Bonchev–Trinajstić information content (AvgIpc) is 3.07. The summed E-state index contributed by atoms with van der Waals surface area (Å²) in [6.07, 6.45) is -3.15. The van der Waals surface area contributed by atoms with E-state index in [2.05, 4.69) is 25.3 Å². The van der Waals surface area contributed by atoms with Crippen molar-refractivity contribution in [3.8, 4) is 5.75 Å². The number of hydrogen-bond acceptors (Lipinski definition) is 6. The van der Waals surface area contributed by atoms with E-state index in [4.69, 9.17) is 0 Å². The van der Waals surface area contributed by atoms with Gasteiger partial charge in [0.2, 0.25) is 5.91 Å². The molecule has 0 unspecified atom stereocenters.